The van der Waals surface area contributed by atoms with E-state index in [4.69, 9.17) is 11.6 Å². The van der Waals surface area contributed by atoms with Crippen LogP contribution in [0.4, 0.5) is 0 Å². The molecule has 0 N–H and O–H groups in total. The summed E-state index contributed by atoms with van der Waals surface area (Å²) in [5.74, 6) is 0. The molecule has 0 amide bonds. The molecule has 5 heteroatoms. The van der Waals surface area contributed by atoms with Crippen LogP contribution < -0.4 is 0 Å². The molecule has 0 fully saturated rings. The molecular formula is C11H11BrClN3. The van der Waals surface area contributed by atoms with E-state index in [1.165, 1.54) is 5.56 Å². The van der Waals surface area contributed by atoms with Crippen molar-refractivity contribution in [3.63, 3.8) is 0 Å². The Bertz CT molecular complexity index is 508. The van der Waals surface area contributed by atoms with Gasteiger partial charge in [-0.15, -0.1) is 16.7 Å². The predicted molar refractivity (Wildman–Crippen MR) is 68.1 cm³/mol. The summed E-state index contributed by atoms with van der Waals surface area (Å²) in [5, 5.41) is 7.96. The standard InChI is InChI=1S/C11H11BrClN3/c1-7-3-4-9(12)11(5-7)16-6-10(8(2)13)14-15-16/h3-6,8H,1-2H3. The Morgan fingerprint density at radius 3 is 2.81 bits per heavy atom. The van der Waals surface area contributed by atoms with Crippen LogP contribution in [0.3, 0.4) is 0 Å². The minimum absolute atomic E-state index is 0.127. The Morgan fingerprint density at radius 2 is 2.19 bits per heavy atom. The highest BCUT2D eigenvalue weighted by atomic mass is 79.9. The third-order valence-corrected chi connectivity index (χ3v) is 3.16. The number of rotatable bonds is 2. The largest absolute Gasteiger partial charge is 0.219 e. The van der Waals surface area contributed by atoms with Crippen molar-refractivity contribution >= 4 is 27.5 Å². The summed E-state index contributed by atoms with van der Waals surface area (Å²) in [5.41, 5.74) is 2.92. The molecule has 0 bridgehead atoms. The average molecular weight is 301 g/mol. The highest BCUT2D eigenvalue weighted by Gasteiger charge is 2.09. The molecule has 1 heterocycles. The molecule has 16 heavy (non-hydrogen) atoms. The van der Waals surface area contributed by atoms with Gasteiger partial charge >= 0.3 is 0 Å². The number of aryl methyl sites for hydroxylation is 1. The van der Waals surface area contributed by atoms with E-state index in [2.05, 4.69) is 26.2 Å². The van der Waals surface area contributed by atoms with Gasteiger partial charge in [0.15, 0.2) is 0 Å². The Morgan fingerprint density at radius 1 is 1.44 bits per heavy atom. The summed E-state index contributed by atoms with van der Waals surface area (Å²) in [6.45, 7) is 3.92. The van der Waals surface area contributed by atoms with Gasteiger partial charge in [0.2, 0.25) is 0 Å². The van der Waals surface area contributed by atoms with E-state index in [1.54, 1.807) is 4.68 Å². The van der Waals surface area contributed by atoms with Crippen molar-refractivity contribution in [3.8, 4) is 5.69 Å². The van der Waals surface area contributed by atoms with E-state index < -0.39 is 0 Å². The minimum Gasteiger partial charge on any atom is -0.219 e. The zero-order chi connectivity index (χ0) is 11.7. The molecule has 84 valence electrons. The molecule has 0 aliphatic carbocycles. The monoisotopic (exact) mass is 299 g/mol. The number of hydrogen-bond donors (Lipinski definition) is 0. The van der Waals surface area contributed by atoms with Crippen LogP contribution >= 0.6 is 27.5 Å². The Hall–Kier alpha value is -0.870. The van der Waals surface area contributed by atoms with Crippen LogP contribution in [0.5, 0.6) is 0 Å². The van der Waals surface area contributed by atoms with Crippen LogP contribution in [-0.2, 0) is 0 Å². The summed E-state index contributed by atoms with van der Waals surface area (Å²) in [6, 6.07) is 6.08. The van der Waals surface area contributed by atoms with Crippen LogP contribution in [0.2, 0.25) is 0 Å². The van der Waals surface area contributed by atoms with Crippen LogP contribution in [0.15, 0.2) is 28.9 Å². The molecule has 0 radical (unpaired) electrons. The number of aromatic nitrogens is 3. The molecular weight excluding hydrogens is 289 g/mol. The second-order valence-corrected chi connectivity index (χ2v) is 5.17. The lowest BCUT2D eigenvalue weighted by Crippen LogP contribution is -1.96. The highest BCUT2D eigenvalue weighted by molar-refractivity contribution is 9.10. The Balaban J connectivity index is 2.46. The highest BCUT2D eigenvalue weighted by Crippen LogP contribution is 2.23. The lowest BCUT2D eigenvalue weighted by atomic mass is 10.2. The van der Waals surface area contributed by atoms with Crippen LogP contribution in [0.1, 0.15) is 23.6 Å². The third-order valence-electron chi connectivity index (χ3n) is 2.27. The summed E-state index contributed by atoms with van der Waals surface area (Å²) >= 11 is 9.44. The first-order valence-electron chi connectivity index (χ1n) is 4.91. The number of benzene rings is 1. The summed E-state index contributed by atoms with van der Waals surface area (Å²) in [7, 11) is 0. The number of hydrogen-bond acceptors (Lipinski definition) is 2. The Labute approximate surface area is 108 Å². The van der Waals surface area contributed by atoms with E-state index >= 15 is 0 Å². The van der Waals surface area contributed by atoms with Crippen LogP contribution in [0, 0.1) is 6.92 Å². The van der Waals surface area contributed by atoms with Crippen molar-refractivity contribution in [2.45, 2.75) is 19.2 Å². The molecule has 1 aromatic carbocycles. The van der Waals surface area contributed by atoms with Crippen molar-refractivity contribution in [3.05, 3.63) is 40.1 Å². The molecule has 0 aliphatic rings. The molecule has 0 saturated heterocycles. The molecule has 0 aliphatic heterocycles. The fraction of sp³-hybridized carbons (Fsp3) is 0.273. The lowest BCUT2D eigenvalue weighted by molar-refractivity contribution is 0.793. The molecule has 0 saturated carbocycles. The molecule has 2 aromatic rings. The minimum atomic E-state index is -0.127. The first-order valence-corrected chi connectivity index (χ1v) is 6.13. The molecule has 1 unspecified atom stereocenters. The summed E-state index contributed by atoms with van der Waals surface area (Å²) in [6.07, 6.45) is 1.84. The van der Waals surface area contributed by atoms with Gasteiger partial charge in [-0.05, 0) is 47.5 Å². The molecule has 2 rings (SSSR count). The van der Waals surface area contributed by atoms with Crippen molar-refractivity contribution < 1.29 is 0 Å². The number of nitrogens with zero attached hydrogens (tertiary/aromatic N) is 3. The quantitative estimate of drug-likeness (QED) is 0.793. The van der Waals surface area contributed by atoms with Crippen molar-refractivity contribution in [2.24, 2.45) is 0 Å². The second-order valence-electron chi connectivity index (χ2n) is 3.66. The maximum Gasteiger partial charge on any atom is 0.101 e. The van der Waals surface area contributed by atoms with Crippen LogP contribution in [0.25, 0.3) is 5.69 Å². The lowest BCUT2D eigenvalue weighted by Gasteiger charge is -2.04. The van der Waals surface area contributed by atoms with Gasteiger partial charge in [-0.2, -0.15) is 0 Å². The zero-order valence-electron chi connectivity index (χ0n) is 8.98. The maximum absolute atomic E-state index is 5.95. The summed E-state index contributed by atoms with van der Waals surface area (Å²) < 4.78 is 2.71. The van der Waals surface area contributed by atoms with Gasteiger partial charge in [-0.1, -0.05) is 11.3 Å². The van der Waals surface area contributed by atoms with Gasteiger partial charge < -0.3 is 0 Å². The van der Waals surface area contributed by atoms with Gasteiger partial charge in [-0.3, -0.25) is 0 Å². The SMILES string of the molecule is Cc1ccc(Br)c(-n2cc(C(C)Cl)nn2)c1. The van der Waals surface area contributed by atoms with Crippen LogP contribution in [-0.4, -0.2) is 15.0 Å². The normalized spacial score (nSPS) is 12.8. The van der Waals surface area contributed by atoms with Gasteiger partial charge in [0.1, 0.15) is 5.69 Å². The van der Waals surface area contributed by atoms with E-state index in [0.717, 1.165) is 15.9 Å². The Kier molecular flexibility index (Phi) is 3.30. The van der Waals surface area contributed by atoms with Gasteiger partial charge in [0, 0.05) is 4.47 Å². The second kappa shape index (κ2) is 4.55. The maximum atomic E-state index is 5.95. The molecule has 1 atom stereocenters. The fourth-order valence-electron chi connectivity index (χ4n) is 1.38. The van der Waals surface area contributed by atoms with Crippen molar-refractivity contribution in [1.29, 1.82) is 0 Å². The van der Waals surface area contributed by atoms with E-state index in [1.807, 2.05) is 38.2 Å². The van der Waals surface area contributed by atoms with E-state index in [0.29, 0.717) is 0 Å². The van der Waals surface area contributed by atoms with Crippen molar-refractivity contribution in [2.75, 3.05) is 0 Å². The van der Waals surface area contributed by atoms with E-state index in [-0.39, 0.29) is 5.38 Å². The predicted octanol–water partition coefficient (Wildman–Crippen LogP) is 3.64. The molecule has 0 spiro atoms. The van der Waals surface area contributed by atoms with E-state index in [9.17, 15) is 0 Å². The number of alkyl halides is 1. The average Bonchev–Trinajstić information content (AvgIpc) is 2.70. The van der Waals surface area contributed by atoms with Gasteiger partial charge in [-0.25, -0.2) is 4.68 Å². The zero-order valence-corrected chi connectivity index (χ0v) is 11.3. The van der Waals surface area contributed by atoms with Gasteiger partial charge in [0.25, 0.3) is 0 Å². The fourth-order valence-corrected chi connectivity index (χ4v) is 1.90. The van der Waals surface area contributed by atoms with Gasteiger partial charge in [0.05, 0.1) is 17.3 Å². The number of halogens is 2. The first-order chi connectivity index (χ1) is 7.58. The topological polar surface area (TPSA) is 30.7 Å². The third kappa shape index (κ3) is 2.28. The molecule has 1 aromatic heterocycles. The first kappa shape index (κ1) is 11.6. The van der Waals surface area contributed by atoms with Crippen molar-refractivity contribution in [1.82, 2.24) is 15.0 Å². The summed E-state index contributed by atoms with van der Waals surface area (Å²) in [4.78, 5) is 0. The smallest absolute Gasteiger partial charge is 0.101 e. The molecule has 3 nitrogen and oxygen atoms in total.